The summed E-state index contributed by atoms with van der Waals surface area (Å²) in [6.45, 7) is 3.94. The Labute approximate surface area is 220 Å². The molecule has 0 aliphatic carbocycles. The number of rotatable bonds is 4. The van der Waals surface area contributed by atoms with Gasteiger partial charge in [-0.15, -0.1) is 0 Å². The summed E-state index contributed by atoms with van der Waals surface area (Å²) < 4.78 is 12.6. The number of hydrogen-bond acceptors (Lipinski definition) is 6. The fraction of sp³-hybridized carbons (Fsp3) is 0.0741. The molecule has 0 saturated heterocycles. The van der Waals surface area contributed by atoms with E-state index < -0.39 is 5.91 Å². The lowest BCUT2D eigenvalue weighted by Crippen LogP contribution is -2.33. The Hall–Kier alpha value is -3.95. The zero-order valence-electron chi connectivity index (χ0n) is 19.3. The minimum absolute atomic E-state index is 0.00694. The Kier molecular flexibility index (Phi) is 6.34. The monoisotopic (exact) mass is 561 g/mol. The molecule has 0 fully saturated rings. The van der Waals surface area contributed by atoms with Gasteiger partial charge < -0.3 is 19.3 Å². The summed E-state index contributed by atoms with van der Waals surface area (Å²) in [5.41, 5.74) is 5.19. The fourth-order valence-corrected chi connectivity index (χ4v) is 4.31. The summed E-state index contributed by atoms with van der Waals surface area (Å²) in [7, 11) is 0. The molecular formula is C27H20BrN3O4S. The predicted molar refractivity (Wildman–Crippen MR) is 146 cm³/mol. The molecule has 1 amide bonds. The number of aryl methyl sites for hydroxylation is 2. The third kappa shape index (κ3) is 4.89. The highest BCUT2D eigenvalue weighted by molar-refractivity contribution is 9.10. The van der Waals surface area contributed by atoms with E-state index in [-0.39, 0.29) is 22.5 Å². The van der Waals surface area contributed by atoms with Gasteiger partial charge in [0.05, 0.1) is 5.56 Å². The molecule has 0 atom stereocenters. The van der Waals surface area contributed by atoms with Crippen LogP contribution in [0.2, 0.25) is 0 Å². The maximum atomic E-state index is 12.6. The molecule has 0 spiro atoms. The molecule has 36 heavy (non-hydrogen) atoms. The molecule has 5 aromatic rings. The van der Waals surface area contributed by atoms with Crippen LogP contribution in [0, 0.1) is 13.8 Å². The molecule has 7 nitrogen and oxygen atoms in total. The highest BCUT2D eigenvalue weighted by Gasteiger charge is 2.17. The molecule has 3 N–H and O–H groups in total. The molecule has 0 aliphatic heterocycles. The molecule has 180 valence electrons. The van der Waals surface area contributed by atoms with Crippen LogP contribution in [-0.2, 0) is 0 Å². The van der Waals surface area contributed by atoms with E-state index >= 15 is 0 Å². The van der Waals surface area contributed by atoms with Crippen LogP contribution in [0.3, 0.4) is 0 Å². The lowest BCUT2D eigenvalue weighted by atomic mass is 10.1. The number of benzene rings is 3. The van der Waals surface area contributed by atoms with Gasteiger partial charge in [-0.1, -0.05) is 34.1 Å². The molecule has 9 heteroatoms. The number of carbonyl (C=O) groups is 1. The topological polar surface area (TPSA) is 101 Å². The first-order chi connectivity index (χ1) is 17.3. The van der Waals surface area contributed by atoms with Gasteiger partial charge in [0.1, 0.15) is 17.0 Å². The van der Waals surface area contributed by atoms with Crippen LogP contribution < -0.4 is 10.6 Å². The number of nitrogens with one attached hydrogen (secondary N) is 2. The molecule has 0 bridgehead atoms. The van der Waals surface area contributed by atoms with Crippen LogP contribution in [0.1, 0.15) is 21.7 Å². The lowest BCUT2D eigenvalue weighted by molar-refractivity contribution is 0.0951. The van der Waals surface area contributed by atoms with E-state index in [2.05, 4.69) is 31.5 Å². The molecule has 2 aromatic heterocycles. The van der Waals surface area contributed by atoms with E-state index in [4.69, 9.17) is 21.1 Å². The summed E-state index contributed by atoms with van der Waals surface area (Å²) in [4.78, 5) is 17.2. The number of amides is 1. The van der Waals surface area contributed by atoms with Crippen LogP contribution in [0.4, 0.5) is 5.69 Å². The molecule has 2 heterocycles. The normalized spacial score (nSPS) is 11.0. The molecule has 0 radical (unpaired) electrons. The maximum Gasteiger partial charge on any atom is 0.293 e. The van der Waals surface area contributed by atoms with Gasteiger partial charge in [0.15, 0.2) is 16.5 Å². The number of hydrogen-bond donors (Lipinski definition) is 3. The highest BCUT2D eigenvalue weighted by Crippen LogP contribution is 2.34. The Morgan fingerprint density at radius 2 is 1.78 bits per heavy atom. The second-order valence-corrected chi connectivity index (χ2v) is 9.58. The number of thiocarbonyl (C=S) groups is 1. The van der Waals surface area contributed by atoms with E-state index in [1.165, 1.54) is 6.07 Å². The van der Waals surface area contributed by atoms with Crippen molar-refractivity contribution in [3.63, 3.8) is 0 Å². The number of carbonyl (C=O) groups excluding carboxylic acids is 1. The Bertz CT molecular complexity index is 1620. The van der Waals surface area contributed by atoms with Crippen LogP contribution in [-0.4, -0.2) is 21.1 Å². The van der Waals surface area contributed by atoms with E-state index in [9.17, 15) is 9.90 Å². The molecule has 0 unspecified atom stereocenters. The van der Waals surface area contributed by atoms with Gasteiger partial charge in [0, 0.05) is 15.7 Å². The van der Waals surface area contributed by atoms with Crippen LogP contribution in [0.15, 0.2) is 80.0 Å². The zero-order valence-corrected chi connectivity index (χ0v) is 21.7. The van der Waals surface area contributed by atoms with Crippen molar-refractivity contribution in [2.45, 2.75) is 13.8 Å². The van der Waals surface area contributed by atoms with Crippen molar-refractivity contribution in [1.29, 1.82) is 0 Å². The molecule has 0 aliphatic rings. The lowest BCUT2D eigenvalue weighted by Gasteiger charge is -2.10. The molecule has 0 saturated carbocycles. The van der Waals surface area contributed by atoms with Crippen molar-refractivity contribution >= 4 is 56.0 Å². The van der Waals surface area contributed by atoms with Gasteiger partial charge in [-0.3, -0.25) is 10.1 Å². The number of phenols is 1. The smallest absolute Gasteiger partial charge is 0.293 e. The van der Waals surface area contributed by atoms with E-state index in [0.717, 1.165) is 21.2 Å². The van der Waals surface area contributed by atoms with Crippen molar-refractivity contribution in [3.8, 4) is 28.5 Å². The van der Waals surface area contributed by atoms with Crippen molar-refractivity contribution in [1.82, 2.24) is 10.3 Å². The standard InChI is InChI=1S/C27H20BrN3O4S/c1-14-11-15(2)24-20(12-14)30-26(35-24)19-13-18(7-8-21(19)32)29-27(36)31-25(33)23-10-9-22(34-23)16-3-5-17(28)6-4-16/h3-13,32H,1-2H3,(H2,29,31,33,36). The van der Waals surface area contributed by atoms with Crippen molar-refractivity contribution < 1.29 is 18.7 Å². The van der Waals surface area contributed by atoms with Gasteiger partial charge in [-0.25, -0.2) is 4.98 Å². The number of halogens is 1. The number of aromatic hydroxyl groups is 1. The first-order valence-electron chi connectivity index (χ1n) is 11.0. The molecule has 5 rings (SSSR count). The van der Waals surface area contributed by atoms with Crippen molar-refractivity contribution in [2.75, 3.05) is 5.32 Å². The number of aromatic nitrogens is 1. The third-order valence-electron chi connectivity index (χ3n) is 5.49. The van der Waals surface area contributed by atoms with Gasteiger partial charge in [-0.2, -0.15) is 0 Å². The summed E-state index contributed by atoms with van der Waals surface area (Å²) in [5, 5.41) is 16.1. The molecular weight excluding hydrogens is 542 g/mol. The van der Waals surface area contributed by atoms with Gasteiger partial charge in [-0.05, 0) is 85.7 Å². The summed E-state index contributed by atoms with van der Waals surface area (Å²) in [6, 6.07) is 19.6. The van der Waals surface area contributed by atoms with Crippen LogP contribution in [0.25, 0.3) is 33.9 Å². The van der Waals surface area contributed by atoms with Crippen LogP contribution >= 0.6 is 28.1 Å². The summed E-state index contributed by atoms with van der Waals surface area (Å²) in [6.07, 6.45) is 0. The number of fused-ring (bicyclic) bond motifs is 1. The largest absolute Gasteiger partial charge is 0.507 e. The number of phenolic OH excluding ortho intramolecular Hbond substituents is 1. The second-order valence-electron chi connectivity index (χ2n) is 8.26. The zero-order chi connectivity index (χ0) is 25.4. The number of oxazole rings is 1. The van der Waals surface area contributed by atoms with Crippen molar-refractivity contribution in [2.24, 2.45) is 0 Å². The summed E-state index contributed by atoms with van der Waals surface area (Å²) >= 11 is 8.71. The number of nitrogens with zero attached hydrogens (tertiary/aromatic N) is 1. The Balaban J connectivity index is 1.31. The van der Waals surface area contributed by atoms with E-state index in [1.807, 2.05) is 50.2 Å². The van der Waals surface area contributed by atoms with Gasteiger partial charge >= 0.3 is 0 Å². The van der Waals surface area contributed by atoms with Crippen LogP contribution in [0.5, 0.6) is 5.75 Å². The van der Waals surface area contributed by atoms with E-state index in [0.29, 0.717) is 28.1 Å². The number of furan rings is 1. The second kappa shape index (κ2) is 9.60. The predicted octanol–water partition coefficient (Wildman–Crippen LogP) is 6.97. The first-order valence-corrected chi connectivity index (χ1v) is 12.2. The molecule has 3 aromatic carbocycles. The Morgan fingerprint density at radius 1 is 1.00 bits per heavy atom. The minimum Gasteiger partial charge on any atom is -0.507 e. The Morgan fingerprint density at radius 3 is 2.56 bits per heavy atom. The van der Waals surface area contributed by atoms with Gasteiger partial charge in [0.2, 0.25) is 5.89 Å². The minimum atomic E-state index is -0.486. The maximum absolute atomic E-state index is 12.6. The third-order valence-corrected chi connectivity index (χ3v) is 6.22. The van der Waals surface area contributed by atoms with Crippen molar-refractivity contribution in [3.05, 3.63) is 88.1 Å². The number of anilines is 1. The average molecular weight is 562 g/mol. The quantitative estimate of drug-likeness (QED) is 0.161. The highest BCUT2D eigenvalue weighted by atomic mass is 79.9. The average Bonchev–Trinajstić information content (AvgIpc) is 3.49. The fourth-order valence-electron chi connectivity index (χ4n) is 3.83. The first kappa shape index (κ1) is 23.8. The SMILES string of the molecule is Cc1cc(C)c2oc(-c3cc(NC(=S)NC(=O)c4ccc(-c5ccc(Br)cc5)o4)ccc3O)nc2c1. The summed E-state index contributed by atoms with van der Waals surface area (Å²) in [5.74, 6) is 0.497. The van der Waals surface area contributed by atoms with Gasteiger partial charge in [0.25, 0.3) is 5.91 Å². The van der Waals surface area contributed by atoms with E-state index in [1.54, 1.807) is 24.3 Å².